The maximum atomic E-state index is 12.4. The number of rotatable bonds is 4. The Balaban J connectivity index is 2.60. The van der Waals surface area contributed by atoms with Gasteiger partial charge in [-0.3, -0.25) is 4.79 Å². The van der Waals surface area contributed by atoms with Crippen LogP contribution in [0.1, 0.15) is 52.9 Å². The van der Waals surface area contributed by atoms with Crippen LogP contribution in [0.2, 0.25) is 0 Å². The minimum absolute atomic E-state index is 0.142. The number of carbonyl (C=O) groups is 1. The van der Waals surface area contributed by atoms with E-state index in [1.54, 1.807) is 0 Å². The Morgan fingerprint density at radius 1 is 1.47 bits per heavy atom. The lowest BCUT2D eigenvalue weighted by molar-refractivity contribution is -0.139. The fraction of sp³-hybridized carbons (Fsp3) is 0.929. The third kappa shape index (κ3) is 3.70. The molecule has 0 aromatic heterocycles. The number of nitrogens with zero attached hydrogens (tertiary/aromatic N) is 1. The second kappa shape index (κ2) is 6.39. The number of nitrogens with two attached hydrogens (primary N) is 1. The van der Waals surface area contributed by atoms with Gasteiger partial charge in [-0.2, -0.15) is 0 Å². The molecule has 0 radical (unpaired) electrons. The van der Waals surface area contributed by atoms with Crippen molar-refractivity contribution in [2.24, 2.45) is 17.6 Å². The lowest BCUT2D eigenvalue weighted by Crippen LogP contribution is -2.45. The average molecular weight is 240 g/mol. The molecule has 1 aliphatic rings. The molecule has 0 aromatic carbocycles. The molecule has 2 N–H and O–H groups in total. The highest BCUT2D eigenvalue weighted by molar-refractivity contribution is 5.79. The van der Waals surface area contributed by atoms with Crippen molar-refractivity contribution in [1.82, 2.24) is 4.90 Å². The lowest BCUT2D eigenvalue weighted by atomic mass is 9.77. The zero-order valence-electron chi connectivity index (χ0n) is 11.8. The molecule has 17 heavy (non-hydrogen) atoms. The summed E-state index contributed by atoms with van der Waals surface area (Å²) >= 11 is 0. The molecule has 1 rings (SSSR count). The maximum absolute atomic E-state index is 12.4. The van der Waals surface area contributed by atoms with Crippen LogP contribution in [0.5, 0.6) is 0 Å². The number of hydrogen-bond donors (Lipinski definition) is 1. The average Bonchev–Trinajstić information content (AvgIpc) is 2.30. The lowest BCUT2D eigenvalue weighted by Gasteiger charge is -2.36. The zero-order chi connectivity index (χ0) is 13.0. The molecule has 0 bridgehead atoms. The van der Waals surface area contributed by atoms with E-state index in [0.29, 0.717) is 17.9 Å². The van der Waals surface area contributed by atoms with E-state index >= 15 is 0 Å². The summed E-state index contributed by atoms with van der Waals surface area (Å²) in [5, 5.41) is 0. The first kappa shape index (κ1) is 14.5. The number of hydrogen-bond acceptors (Lipinski definition) is 2. The minimum atomic E-state index is 0.142. The summed E-state index contributed by atoms with van der Waals surface area (Å²) < 4.78 is 0. The van der Waals surface area contributed by atoms with Crippen molar-refractivity contribution in [1.29, 1.82) is 0 Å². The Kier molecular flexibility index (Phi) is 5.44. The topological polar surface area (TPSA) is 46.3 Å². The van der Waals surface area contributed by atoms with Crippen LogP contribution in [-0.2, 0) is 4.79 Å². The Morgan fingerprint density at radius 2 is 2.12 bits per heavy atom. The van der Waals surface area contributed by atoms with Crippen LogP contribution >= 0.6 is 0 Å². The molecule has 1 fully saturated rings. The largest absolute Gasteiger partial charge is 0.343 e. The summed E-state index contributed by atoms with van der Waals surface area (Å²) in [6.07, 6.45) is 5.23. The third-order valence-electron chi connectivity index (χ3n) is 4.27. The van der Waals surface area contributed by atoms with Crippen LogP contribution in [0, 0.1) is 11.8 Å². The summed E-state index contributed by atoms with van der Waals surface area (Å²) in [7, 11) is 1.94. The number of amides is 1. The van der Waals surface area contributed by atoms with Crippen LogP contribution in [-0.4, -0.2) is 29.9 Å². The summed E-state index contributed by atoms with van der Waals surface area (Å²) in [4.78, 5) is 14.4. The molecule has 0 aliphatic heterocycles. The van der Waals surface area contributed by atoms with Gasteiger partial charge in [0.25, 0.3) is 0 Å². The quantitative estimate of drug-likeness (QED) is 0.820. The van der Waals surface area contributed by atoms with E-state index in [0.717, 1.165) is 32.1 Å². The Labute approximate surface area is 106 Å². The smallest absolute Gasteiger partial charge is 0.225 e. The Hall–Kier alpha value is -0.570. The highest BCUT2D eigenvalue weighted by Gasteiger charge is 2.33. The highest BCUT2D eigenvalue weighted by Crippen LogP contribution is 2.30. The molecule has 1 aliphatic carbocycles. The number of carbonyl (C=O) groups excluding carboxylic acids is 1. The minimum Gasteiger partial charge on any atom is -0.343 e. The third-order valence-corrected chi connectivity index (χ3v) is 4.27. The van der Waals surface area contributed by atoms with Gasteiger partial charge in [0.1, 0.15) is 0 Å². The van der Waals surface area contributed by atoms with Gasteiger partial charge in [0.15, 0.2) is 0 Å². The fourth-order valence-corrected chi connectivity index (χ4v) is 2.79. The summed E-state index contributed by atoms with van der Waals surface area (Å²) in [5.41, 5.74) is 5.99. The van der Waals surface area contributed by atoms with E-state index < -0.39 is 0 Å². The van der Waals surface area contributed by atoms with E-state index in [-0.39, 0.29) is 12.0 Å². The fourth-order valence-electron chi connectivity index (χ4n) is 2.79. The van der Waals surface area contributed by atoms with Gasteiger partial charge in [0.05, 0.1) is 0 Å². The van der Waals surface area contributed by atoms with Gasteiger partial charge < -0.3 is 10.6 Å². The first-order valence-corrected chi connectivity index (χ1v) is 6.99. The second-order valence-electron chi connectivity index (χ2n) is 5.74. The predicted octanol–water partition coefficient (Wildman–Crippen LogP) is 2.40. The van der Waals surface area contributed by atoms with E-state index in [1.807, 2.05) is 11.9 Å². The van der Waals surface area contributed by atoms with Crippen molar-refractivity contribution in [3.05, 3.63) is 0 Å². The van der Waals surface area contributed by atoms with Gasteiger partial charge in [0.2, 0.25) is 5.91 Å². The van der Waals surface area contributed by atoms with Crippen LogP contribution in [0.15, 0.2) is 0 Å². The van der Waals surface area contributed by atoms with E-state index in [1.165, 1.54) is 0 Å². The molecule has 4 unspecified atom stereocenters. The van der Waals surface area contributed by atoms with Gasteiger partial charge in [0, 0.05) is 25.0 Å². The first-order chi connectivity index (χ1) is 7.97. The SMILES string of the molecule is CCCC(C)N(C)C(=O)C1CC(N)CCC1C. The van der Waals surface area contributed by atoms with Crippen molar-refractivity contribution in [3.63, 3.8) is 0 Å². The van der Waals surface area contributed by atoms with Gasteiger partial charge in [-0.05, 0) is 38.5 Å². The standard InChI is InChI=1S/C14H28N2O/c1-5-6-11(3)16(4)14(17)13-9-12(15)8-7-10(13)2/h10-13H,5-9,15H2,1-4H3. The van der Waals surface area contributed by atoms with Gasteiger partial charge in [-0.25, -0.2) is 0 Å². The summed E-state index contributed by atoms with van der Waals surface area (Å²) in [5.74, 6) is 0.926. The van der Waals surface area contributed by atoms with Crippen molar-refractivity contribution in [3.8, 4) is 0 Å². The molecular weight excluding hydrogens is 212 g/mol. The normalized spacial score (nSPS) is 31.0. The van der Waals surface area contributed by atoms with Gasteiger partial charge in [-0.1, -0.05) is 20.3 Å². The maximum Gasteiger partial charge on any atom is 0.225 e. The highest BCUT2D eigenvalue weighted by atomic mass is 16.2. The van der Waals surface area contributed by atoms with Gasteiger partial charge >= 0.3 is 0 Å². The molecule has 3 nitrogen and oxygen atoms in total. The van der Waals surface area contributed by atoms with Crippen molar-refractivity contribution >= 4 is 5.91 Å². The molecular formula is C14H28N2O. The molecule has 0 aromatic rings. The van der Waals surface area contributed by atoms with Crippen LogP contribution in [0.3, 0.4) is 0 Å². The van der Waals surface area contributed by atoms with E-state index in [9.17, 15) is 4.79 Å². The molecule has 0 spiro atoms. The van der Waals surface area contributed by atoms with E-state index in [2.05, 4.69) is 20.8 Å². The molecule has 1 saturated carbocycles. The molecule has 0 heterocycles. The molecule has 1 amide bonds. The molecule has 4 atom stereocenters. The van der Waals surface area contributed by atoms with E-state index in [4.69, 9.17) is 5.73 Å². The Bertz CT molecular complexity index is 255. The van der Waals surface area contributed by atoms with Crippen molar-refractivity contribution in [2.45, 2.75) is 65.0 Å². The zero-order valence-corrected chi connectivity index (χ0v) is 11.8. The van der Waals surface area contributed by atoms with Crippen LogP contribution in [0.4, 0.5) is 0 Å². The molecule has 3 heteroatoms. The summed E-state index contributed by atoms with van der Waals surface area (Å²) in [6.45, 7) is 6.48. The van der Waals surface area contributed by atoms with Crippen molar-refractivity contribution < 1.29 is 4.79 Å². The predicted molar refractivity (Wildman–Crippen MR) is 71.6 cm³/mol. The van der Waals surface area contributed by atoms with Crippen LogP contribution < -0.4 is 5.73 Å². The summed E-state index contributed by atoms with van der Waals surface area (Å²) in [6, 6.07) is 0.563. The Morgan fingerprint density at radius 3 is 2.71 bits per heavy atom. The monoisotopic (exact) mass is 240 g/mol. The first-order valence-electron chi connectivity index (χ1n) is 6.99. The van der Waals surface area contributed by atoms with Crippen LogP contribution in [0.25, 0.3) is 0 Å². The van der Waals surface area contributed by atoms with Gasteiger partial charge in [-0.15, -0.1) is 0 Å². The van der Waals surface area contributed by atoms with Crippen molar-refractivity contribution in [2.75, 3.05) is 7.05 Å². The second-order valence-corrected chi connectivity index (χ2v) is 5.74. The molecule has 100 valence electrons. The molecule has 0 saturated heterocycles.